The number of ether oxygens (including phenoxy) is 1. The molecule has 0 aliphatic heterocycles. The maximum Gasteiger partial charge on any atom is 0.271 e. The molecule has 2 amide bonds. The Kier molecular flexibility index (Phi) is 7.70. The summed E-state index contributed by atoms with van der Waals surface area (Å²) < 4.78 is 32.2. The zero-order valence-electron chi connectivity index (χ0n) is 17.9. The van der Waals surface area contributed by atoms with Gasteiger partial charge in [0.1, 0.15) is 5.75 Å². The third-order valence-electron chi connectivity index (χ3n) is 4.78. The van der Waals surface area contributed by atoms with Gasteiger partial charge in [0.05, 0.1) is 22.6 Å². The summed E-state index contributed by atoms with van der Waals surface area (Å²) in [6.45, 7) is 0.158. The molecule has 0 heterocycles. The summed E-state index contributed by atoms with van der Waals surface area (Å²) in [5.74, 6) is -0.740. The molecular formula is C23H22ClN3O5S. The van der Waals surface area contributed by atoms with E-state index in [1.54, 1.807) is 12.1 Å². The van der Waals surface area contributed by atoms with E-state index in [9.17, 15) is 18.0 Å². The van der Waals surface area contributed by atoms with Crippen LogP contribution in [-0.2, 0) is 16.6 Å². The molecule has 0 fully saturated rings. The van der Waals surface area contributed by atoms with E-state index in [0.29, 0.717) is 11.3 Å². The van der Waals surface area contributed by atoms with Gasteiger partial charge in [0, 0.05) is 19.2 Å². The van der Waals surface area contributed by atoms with E-state index in [2.05, 4.69) is 10.9 Å². The predicted molar refractivity (Wildman–Crippen MR) is 124 cm³/mol. The van der Waals surface area contributed by atoms with Gasteiger partial charge in [-0.3, -0.25) is 20.4 Å². The van der Waals surface area contributed by atoms with E-state index in [1.807, 2.05) is 30.3 Å². The van der Waals surface area contributed by atoms with E-state index in [1.165, 1.54) is 48.8 Å². The van der Waals surface area contributed by atoms with E-state index in [4.69, 9.17) is 16.3 Å². The number of rotatable bonds is 7. The molecule has 0 saturated carbocycles. The normalized spacial score (nSPS) is 11.2. The summed E-state index contributed by atoms with van der Waals surface area (Å²) in [6, 6.07) is 19.2. The number of benzene rings is 3. The van der Waals surface area contributed by atoms with Gasteiger partial charge < -0.3 is 4.74 Å². The van der Waals surface area contributed by atoms with E-state index in [-0.39, 0.29) is 22.0 Å². The van der Waals surface area contributed by atoms with Crippen molar-refractivity contribution in [3.05, 3.63) is 94.5 Å². The number of nitrogens with one attached hydrogen (secondary N) is 2. The summed E-state index contributed by atoms with van der Waals surface area (Å²) in [5, 5.41) is 0.0378. The van der Waals surface area contributed by atoms with Crippen LogP contribution in [0.15, 0.2) is 77.7 Å². The van der Waals surface area contributed by atoms with E-state index < -0.39 is 21.8 Å². The first-order valence-corrected chi connectivity index (χ1v) is 11.6. The standard InChI is InChI=1S/C23H22ClN3O5S/c1-27(15-16-6-4-3-5-7-16)33(30,31)19-12-13-21(24)20(14-19)23(29)26-25-22(28)17-8-10-18(32-2)11-9-17/h3-14H,15H2,1-2H3,(H,25,28)(H,26,29). The molecule has 0 aliphatic rings. The minimum absolute atomic E-state index is 0.0378. The van der Waals surface area contributed by atoms with Crippen molar-refractivity contribution in [1.82, 2.24) is 15.2 Å². The molecule has 0 aromatic heterocycles. The average molecular weight is 488 g/mol. The quantitative estimate of drug-likeness (QED) is 0.498. The Morgan fingerprint density at radius 3 is 2.21 bits per heavy atom. The number of methoxy groups -OCH3 is 1. The third-order valence-corrected chi connectivity index (χ3v) is 6.91. The molecule has 10 heteroatoms. The first-order chi connectivity index (χ1) is 15.7. The fourth-order valence-electron chi connectivity index (χ4n) is 2.94. The van der Waals surface area contributed by atoms with Crippen molar-refractivity contribution < 1.29 is 22.7 Å². The summed E-state index contributed by atoms with van der Waals surface area (Å²) in [7, 11) is -0.938. The lowest BCUT2D eigenvalue weighted by Gasteiger charge is -2.18. The van der Waals surface area contributed by atoms with Crippen LogP contribution in [0.5, 0.6) is 5.75 Å². The lowest BCUT2D eigenvalue weighted by Crippen LogP contribution is -2.41. The van der Waals surface area contributed by atoms with Gasteiger partial charge in [-0.1, -0.05) is 41.9 Å². The van der Waals surface area contributed by atoms with Gasteiger partial charge in [-0.2, -0.15) is 4.31 Å². The second-order valence-corrected chi connectivity index (χ2v) is 9.48. The number of hydrogen-bond donors (Lipinski definition) is 2. The summed E-state index contributed by atoms with van der Waals surface area (Å²) in [6.07, 6.45) is 0. The highest BCUT2D eigenvalue weighted by molar-refractivity contribution is 7.89. The Bertz CT molecular complexity index is 1250. The smallest absolute Gasteiger partial charge is 0.271 e. The van der Waals surface area contributed by atoms with Crippen molar-refractivity contribution in [3.8, 4) is 5.75 Å². The molecule has 3 aromatic rings. The first kappa shape index (κ1) is 24.2. The number of nitrogens with zero attached hydrogens (tertiary/aromatic N) is 1. The Morgan fingerprint density at radius 1 is 0.939 bits per heavy atom. The van der Waals surface area contributed by atoms with Gasteiger partial charge in [0.15, 0.2) is 0 Å². The average Bonchev–Trinajstić information content (AvgIpc) is 2.83. The number of amides is 2. The van der Waals surface area contributed by atoms with Gasteiger partial charge in [-0.05, 0) is 48.0 Å². The zero-order valence-corrected chi connectivity index (χ0v) is 19.5. The molecule has 33 heavy (non-hydrogen) atoms. The second kappa shape index (κ2) is 10.5. The van der Waals surface area contributed by atoms with Crippen LogP contribution < -0.4 is 15.6 Å². The van der Waals surface area contributed by atoms with E-state index in [0.717, 1.165) is 5.56 Å². The Labute approximate surface area is 197 Å². The number of hydrogen-bond acceptors (Lipinski definition) is 5. The van der Waals surface area contributed by atoms with Crippen LogP contribution in [0.4, 0.5) is 0 Å². The molecule has 3 aromatic carbocycles. The Balaban J connectivity index is 1.73. The SMILES string of the molecule is COc1ccc(C(=O)NNC(=O)c2cc(S(=O)(=O)N(C)Cc3ccccc3)ccc2Cl)cc1. The number of halogens is 1. The molecule has 0 spiro atoms. The highest BCUT2D eigenvalue weighted by Gasteiger charge is 2.23. The molecule has 0 radical (unpaired) electrons. The van der Waals surface area contributed by atoms with Gasteiger partial charge in [-0.25, -0.2) is 8.42 Å². The minimum Gasteiger partial charge on any atom is -0.497 e. The molecule has 0 atom stereocenters. The van der Waals surface area contributed by atoms with Crippen LogP contribution >= 0.6 is 11.6 Å². The van der Waals surface area contributed by atoms with Crippen LogP contribution in [-0.4, -0.2) is 38.7 Å². The fourth-order valence-corrected chi connectivity index (χ4v) is 4.33. The fraction of sp³-hybridized carbons (Fsp3) is 0.130. The molecule has 8 nitrogen and oxygen atoms in total. The molecular weight excluding hydrogens is 466 g/mol. The Morgan fingerprint density at radius 2 is 1.58 bits per heavy atom. The van der Waals surface area contributed by atoms with Crippen LogP contribution in [0.25, 0.3) is 0 Å². The molecule has 0 saturated heterocycles. The van der Waals surface area contributed by atoms with Crippen molar-refractivity contribution in [2.45, 2.75) is 11.4 Å². The van der Waals surface area contributed by atoms with Crippen LogP contribution in [0, 0.1) is 0 Å². The summed E-state index contributed by atoms with van der Waals surface area (Å²) in [5.41, 5.74) is 5.54. The van der Waals surface area contributed by atoms with Crippen molar-refractivity contribution >= 4 is 33.4 Å². The molecule has 3 rings (SSSR count). The highest BCUT2D eigenvalue weighted by Crippen LogP contribution is 2.23. The maximum atomic E-state index is 13.0. The highest BCUT2D eigenvalue weighted by atomic mass is 35.5. The van der Waals surface area contributed by atoms with Crippen LogP contribution in [0.1, 0.15) is 26.3 Å². The molecule has 2 N–H and O–H groups in total. The van der Waals surface area contributed by atoms with Gasteiger partial charge in [-0.15, -0.1) is 0 Å². The lowest BCUT2D eigenvalue weighted by molar-refractivity contribution is 0.0846. The van der Waals surface area contributed by atoms with Gasteiger partial charge in [0.2, 0.25) is 10.0 Å². The molecule has 0 bridgehead atoms. The van der Waals surface area contributed by atoms with Crippen LogP contribution in [0.2, 0.25) is 5.02 Å². The summed E-state index contributed by atoms with van der Waals surface area (Å²) >= 11 is 6.12. The monoisotopic (exact) mass is 487 g/mol. The Hall–Kier alpha value is -3.40. The number of sulfonamides is 1. The first-order valence-electron chi connectivity index (χ1n) is 9.77. The zero-order chi connectivity index (χ0) is 24.0. The largest absolute Gasteiger partial charge is 0.497 e. The molecule has 0 aliphatic carbocycles. The number of hydrazine groups is 1. The van der Waals surface area contributed by atoms with Crippen molar-refractivity contribution in [1.29, 1.82) is 0 Å². The molecule has 172 valence electrons. The van der Waals surface area contributed by atoms with Crippen molar-refractivity contribution in [2.75, 3.05) is 14.2 Å². The topological polar surface area (TPSA) is 105 Å². The van der Waals surface area contributed by atoms with Crippen molar-refractivity contribution in [2.24, 2.45) is 0 Å². The number of carbonyl (C=O) groups is 2. The lowest BCUT2D eigenvalue weighted by atomic mass is 10.2. The summed E-state index contributed by atoms with van der Waals surface area (Å²) in [4.78, 5) is 24.8. The van der Waals surface area contributed by atoms with Gasteiger partial charge in [0.25, 0.3) is 11.8 Å². The van der Waals surface area contributed by atoms with Crippen LogP contribution in [0.3, 0.4) is 0 Å². The van der Waals surface area contributed by atoms with E-state index >= 15 is 0 Å². The van der Waals surface area contributed by atoms with Gasteiger partial charge >= 0.3 is 0 Å². The molecule has 0 unspecified atom stereocenters. The number of carbonyl (C=O) groups excluding carboxylic acids is 2. The predicted octanol–water partition coefficient (Wildman–Crippen LogP) is 3.24. The second-order valence-electron chi connectivity index (χ2n) is 7.03. The minimum atomic E-state index is -3.90. The maximum absolute atomic E-state index is 13.0. The van der Waals surface area contributed by atoms with Crippen molar-refractivity contribution in [3.63, 3.8) is 0 Å². The third kappa shape index (κ3) is 5.89.